The van der Waals surface area contributed by atoms with E-state index in [0.29, 0.717) is 12.2 Å². The average molecular weight is 171 g/mol. The molecule has 0 fully saturated rings. The minimum absolute atomic E-state index is 0.359. The third kappa shape index (κ3) is 1.57. The highest BCUT2D eigenvalue weighted by Crippen LogP contribution is 2.09. The van der Waals surface area contributed by atoms with E-state index in [1.807, 2.05) is 0 Å². The van der Waals surface area contributed by atoms with Crippen LogP contribution in [-0.4, -0.2) is 30.8 Å². The first kappa shape index (κ1) is 9.02. The molecule has 5 heteroatoms. The molecule has 1 atom stereocenters. The lowest BCUT2D eigenvalue weighted by molar-refractivity contribution is -0.139. The molecule has 0 bridgehead atoms. The second-order valence-electron chi connectivity index (χ2n) is 2.50. The predicted molar refractivity (Wildman–Crippen MR) is 43.6 cm³/mol. The Morgan fingerprint density at radius 3 is 3.00 bits per heavy atom. The van der Waals surface area contributed by atoms with Crippen LogP contribution >= 0.6 is 0 Å². The van der Waals surface area contributed by atoms with Gasteiger partial charge in [-0.05, 0) is 6.92 Å². The van der Waals surface area contributed by atoms with Crippen molar-refractivity contribution in [1.29, 1.82) is 0 Å². The first-order chi connectivity index (χ1) is 5.66. The Morgan fingerprint density at radius 1 is 1.92 bits per heavy atom. The Hall–Kier alpha value is -1.07. The van der Waals surface area contributed by atoms with Crippen molar-refractivity contribution in [3.63, 3.8) is 0 Å². The van der Waals surface area contributed by atoms with Gasteiger partial charge in [-0.15, -0.1) is 0 Å². The van der Waals surface area contributed by atoms with Crippen molar-refractivity contribution in [3.8, 4) is 0 Å². The van der Waals surface area contributed by atoms with Crippen molar-refractivity contribution in [2.45, 2.75) is 13.1 Å². The lowest BCUT2D eigenvalue weighted by atomic mass is 10.2. The highest BCUT2D eigenvalue weighted by Gasteiger charge is 2.26. The number of nitrogens with zero attached hydrogens (tertiary/aromatic N) is 1. The minimum Gasteiger partial charge on any atom is -0.463 e. The Morgan fingerprint density at radius 2 is 2.58 bits per heavy atom. The van der Waals surface area contributed by atoms with Gasteiger partial charge in [0.1, 0.15) is 6.17 Å². The predicted octanol–water partition coefficient (Wildman–Crippen LogP) is -0.832. The Kier molecular flexibility index (Phi) is 2.67. The van der Waals surface area contributed by atoms with E-state index in [2.05, 4.69) is 5.43 Å². The van der Waals surface area contributed by atoms with Gasteiger partial charge in [0.25, 0.3) is 0 Å². The van der Waals surface area contributed by atoms with Crippen LogP contribution in [0.3, 0.4) is 0 Å². The van der Waals surface area contributed by atoms with Crippen LogP contribution in [0.5, 0.6) is 0 Å². The Labute approximate surface area is 71.1 Å². The van der Waals surface area contributed by atoms with Gasteiger partial charge in [0.2, 0.25) is 0 Å². The normalized spacial score (nSPS) is 23.2. The van der Waals surface area contributed by atoms with Gasteiger partial charge < -0.3 is 15.9 Å². The fourth-order valence-corrected chi connectivity index (χ4v) is 0.940. The number of ether oxygens (including phenoxy) is 1. The number of carbonyl (C=O) groups is 1. The third-order valence-corrected chi connectivity index (χ3v) is 1.67. The molecule has 68 valence electrons. The van der Waals surface area contributed by atoms with Crippen molar-refractivity contribution in [2.24, 2.45) is 5.73 Å². The number of nitrogens with two attached hydrogens (primary N) is 1. The van der Waals surface area contributed by atoms with Crippen molar-refractivity contribution in [1.82, 2.24) is 10.4 Å². The van der Waals surface area contributed by atoms with E-state index in [1.54, 1.807) is 25.2 Å². The van der Waals surface area contributed by atoms with Crippen molar-refractivity contribution in [3.05, 3.63) is 11.8 Å². The first-order valence-corrected chi connectivity index (χ1v) is 3.78. The number of likely N-dealkylation sites (N-methyl/N-ethyl adjacent to an activating group) is 1. The second-order valence-corrected chi connectivity index (χ2v) is 2.50. The summed E-state index contributed by atoms with van der Waals surface area (Å²) in [6.45, 7) is 2.13. The largest absolute Gasteiger partial charge is 0.463 e. The quantitative estimate of drug-likeness (QED) is 0.531. The topological polar surface area (TPSA) is 67.6 Å². The van der Waals surface area contributed by atoms with E-state index < -0.39 is 6.17 Å². The summed E-state index contributed by atoms with van der Waals surface area (Å²) in [4.78, 5) is 11.2. The smallest absolute Gasteiger partial charge is 0.338 e. The van der Waals surface area contributed by atoms with Crippen molar-refractivity contribution < 1.29 is 9.53 Å². The van der Waals surface area contributed by atoms with Crippen LogP contribution in [0.4, 0.5) is 0 Å². The lowest BCUT2D eigenvalue weighted by Crippen LogP contribution is -2.42. The molecule has 0 aliphatic carbocycles. The van der Waals surface area contributed by atoms with Gasteiger partial charge in [0, 0.05) is 13.2 Å². The summed E-state index contributed by atoms with van der Waals surface area (Å²) in [6.07, 6.45) is 1.15. The summed E-state index contributed by atoms with van der Waals surface area (Å²) in [5.41, 5.74) is 8.91. The van der Waals surface area contributed by atoms with E-state index in [9.17, 15) is 4.79 Å². The van der Waals surface area contributed by atoms with Crippen LogP contribution in [0.1, 0.15) is 6.92 Å². The lowest BCUT2D eigenvalue weighted by Gasteiger charge is -2.16. The second kappa shape index (κ2) is 3.55. The molecular formula is C7H13N3O2. The molecule has 0 aromatic heterocycles. The summed E-state index contributed by atoms with van der Waals surface area (Å²) in [5.74, 6) is -0.359. The Balaban J connectivity index is 2.58. The SMILES string of the molecule is CCOC(=O)C1=CNN(C)C1N. The standard InChI is InChI=1S/C7H13N3O2/c1-3-12-7(11)5-4-9-10(2)6(5)8/h4,6,9H,3,8H2,1-2H3. The van der Waals surface area contributed by atoms with Crippen LogP contribution in [0.15, 0.2) is 11.8 Å². The maximum absolute atomic E-state index is 11.2. The zero-order valence-corrected chi connectivity index (χ0v) is 7.20. The van der Waals surface area contributed by atoms with Crippen molar-refractivity contribution >= 4 is 5.97 Å². The summed E-state index contributed by atoms with van der Waals surface area (Å²) >= 11 is 0. The molecule has 0 saturated carbocycles. The van der Waals surface area contributed by atoms with Gasteiger partial charge in [-0.25, -0.2) is 9.80 Å². The molecule has 3 N–H and O–H groups in total. The van der Waals surface area contributed by atoms with Gasteiger partial charge in [0.15, 0.2) is 0 Å². The third-order valence-electron chi connectivity index (χ3n) is 1.67. The van der Waals surface area contributed by atoms with E-state index in [0.717, 1.165) is 0 Å². The monoisotopic (exact) mass is 171 g/mol. The average Bonchev–Trinajstić information content (AvgIpc) is 2.34. The highest BCUT2D eigenvalue weighted by molar-refractivity contribution is 5.89. The van der Waals surface area contributed by atoms with Gasteiger partial charge in [-0.3, -0.25) is 0 Å². The number of rotatable bonds is 2. The van der Waals surface area contributed by atoms with Gasteiger partial charge >= 0.3 is 5.97 Å². The van der Waals surface area contributed by atoms with Crippen LogP contribution in [0, 0.1) is 0 Å². The van der Waals surface area contributed by atoms with Gasteiger partial charge in [-0.1, -0.05) is 0 Å². The Bertz CT molecular complexity index is 215. The van der Waals surface area contributed by atoms with E-state index >= 15 is 0 Å². The summed E-state index contributed by atoms with van der Waals surface area (Å²) in [5, 5.41) is 1.63. The number of hydrogen-bond donors (Lipinski definition) is 2. The molecule has 0 amide bonds. The maximum Gasteiger partial charge on any atom is 0.338 e. The maximum atomic E-state index is 11.2. The minimum atomic E-state index is -0.413. The molecule has 0 aromatic rings. The molecule has 12 heavy (non-hydrogen) atoms. The molecular weight excluding hydrogens is 158 g/mol. The van der Waals surface area contributed by atoms with E-state index in [1.165, 1.54) is 0 Å². The van der Waals surface area contributed by atoms with Crippen LogP contribution in [-0.2, 0) is 9.53 Å². The molecule has 0 spiro atoms. The number of esters is 1. The summed E-state index contributed by atoms with van der Waals surface area (Å²) in [6, 6.07) is 0. The van der Waals surface area contributed by atoms with Gasteiger partial charge in [-0.2, -0.15) is 0 Å². The molecule has 1 rings (SSSR count). The molecule has 1 unspecified atom stereocenters. The molecule has 0 radical (unpaired) electrons. The molecule has 0 aromatic carbocycles. The zero-order chi connectivity index (χ0) is 9.14. The van der Waals surface area contributed by atoms with Crippen LogP contribution in [0.25, 0.3) is 0 Å². The molecule has 5 nitrogen and oxygen atoms in total. The number of carbonyl (C=O) groups excluding carboxylic acids is 1. The number of nitrogens with one attached hydrogen (secondary N) is 1. The highest BCUT2D eigenvalue weighted by atomic mass is 16.5. The van der Waals surface area contributed by atoms with E-state index in [4.69, 9.17) is 10.5 Å². The fourth-order valence-electron chi connectivity index (χ4n) is 0.940. The molecule has 1 aliphatic rings. The summed E-state index contributed by atoms with van der Waals surface area (Å²) < 4.78 is 4.79. The fraction of sp³-hybridized carbons (Fsp3) is 0.571. The van der Waals surface area contributed by atoms with Gasteiger partial charge in [0.05, 0.1) is 12.2 Å². The zero-order valence-electron chi connectivity index (χ0n) is 7.20. The van der Waals surface area contributed by atoms with Crippen molar-refractivity contribution in [2.75, 3.05) is 13.7 Å². The van der Waals surface area contributed by atoms with E-state index in [-0.39, 0.29) is 5.97 Å². The number of hydrogen-bond acceptors (Lipinski definition) is 5. The molecule has 0 saturated heterocycles. The molecule has 1 aliphatic heterocycles. The number of hydrazine groups is 1. The molecule has 1 heterocycles. The first-order valence-electron chi connectivity index (χ1n) is 3.78. The van der Waals surface area contributed by atoms with Crippen LogP contribution in [0.2, 0.25) is 0 Å². The summed E-state index contributed by atoms with van der Waals surface area (Å²) in [7, 11) is 1.76. The van der Waals surface area contributed by atoms with Crippen LogP contribution < -0.4 is 11.2 Å².